The van der Waals surface area contributed by atoms with Crippen molar-refractivity contribution < 1.29 is 9.53 Å². The molecule has 0 radical (unpaired) electrons. The smallest absolute Gasteiger partial charge is 0.273 e. The summed E-state index contributed by atoms with van der Waals surface area (Å²) in [6.45, 7) is 1.64. The fourth-order valence-corrected chi connectivity index (χ4v) is 3.55. The van der Waals surface area contributed by atoms with Crippen molar-refractivity contribution in [2.75, 3.05) is 20.2 Å². The number of carbonyl (C=O) groups is 1. The molecule has 0 bridgehead atoms. The van der Waals surface area contributed by atoms with Gasteiger partial charge in [0.05, 0.1) is 6.61 Å². The van der Waals surface area contributed by atoms with Crippen LogP contribution >= 0.6 is 23.7 Å². The van der Waals surface area contributed by atoms with Crippen molar-refractivity contribution in [1.29, 1.82) is 0 Å². The molecule has 1 aromatic heterocycles. The highest BCUT2D eigenvalue weighted by Crippen LogP contribution is 2.27. The first kappa shape index (κ1) is 17.9. The lowest BCUT2D eigenvalue weighted by Crippen LogP contribution is -2.32. The third kappa shape index (κ3) is 3.90. The Hall–Kier alpha value is -1.47. The SMILES string of the molecule is COCc1nc(C(=O)N2C[C@@H](N)[C@H](c3ccccc3)C2)cs1.Cl. The average Bonchev–Trinajstić information content (AvgIpc) is 3.15. The Morgan fingerprint density at radius 3 is 2.83 bits per heavy atom. The van der Waals surface area contributed by atoms with Gasteiger partial charge < -0.3 is 15.4 Å². The van der Waals surface area contributed by atoms with Crippen LogP contribution in [-0.2, 0) is 11.3 Å². The highest BCUT2D eigenvalue weighted by atomic mass is 35.5. The van der Waals surface area contributed by atoms with Crippen LogP contribution in [0.2, 0.25) is 0 Å². The topological polar surface area (TPSA) is 68.5 Å². The van der Waals surface area contributed by atoms with Crippen molar-refractivity contribution in [2.45, 2.75) is 18.6 Å². The van der Waals surface area contributed by atoms with E-state index in [9.17, 15) is 4.79 Å². The van der Waals surface area contributed by atoms with Gasteiger partial charge in [0.1, 0.15) is 10.7 Å². The number of nitrogens with zero attached hydrogens (tertiary/aromatic N) is 2. The van der Waals surface area contributed by atoms with E-state index < -0.39 is 0 Å². The fraction of sp³-hybridized carbons (Fsp3) is 0.375. The van der Waals surface area contributed by atoms with Gasteiger partial charge in [0, 0.05) is 37.5 Å². The molecule has 2 heterocycles. The summed E-state index contributed by atoms with van der Waals surface area (Å²) in [4.78, 5) is 18.7. The summed E-state index contributed by atoms with van der Waals surface area (Å²) in [7, 11) is 1.62. The standard InChI is InChI=1S/C16H19N3O2S.ClH/c1-21-9-15-18-14(10-22-15)16(20)19-7-12(13(17)8-19)11-5-3-2-4-6-11;/h2-6,10,12-13H,7-9,17H2,1H3;1H/t12-,13+;/m0./s1. The molecule has 2 N–H and O–H groups in total. The predicted octanol–water partition coefficient (Wildman–Crippen LogP) is 2.28. The maximum absolute atomic E-state index is 12.6. The second-order valence-corrected chi connectivity index (χ2v) is 6.39. The van der Waals surface area contributed by atoms with Crippen LogP contribution in [0.4, 0.5) is 0 Å². The van der Waals surface area contributed by atoms with E-state index in [2.05, 4.69) is 17.1 Å². The van der Waals surface area contributed by atoms with Crippen molar-refractivity contribution in [3.05, 3.63) is 52.0 Å². The molecule has 2 aromatic rings. The molecule has 124 valence electrons. The molecular formula is C16H20ClN3O2S. The van der Waals surface area contributed by atoms with E-state index in [0.717, 1.165) is 5.01 Å². The van der Waals surface area contributed by atoms with Crippen molar-refractivity contribution in [2.24, 2.45) is 5.73 Å². The summed E-state index contributed by atoms with van der Waals surface area (Å²) in [5, 5.41) is 2.60. The lowest BCUT2D eigenvalue weighted by molar-refractivity contribution is 0.0783. The zero-order valence-electron chi connectivity index (χ0n) is 12.8. The highest BCUT2D eigenvalue weighted by molar-refractivity contribution is 7.09. The molecular weight excluding hydrogens is 334 g/mol. The number of thiazole rings is 1. The molecule has 2 atom stereocenters. The molecule has 3 rings (SSSR count). The van der Waals surface area contributed by atoms with Gasteiger partial charge >= 0.3 is 0 Å². The minimum absolute atomic E-state index is 0. The number of halogens is 1. The summed E-state index contributed by atoms with van der Waals surface area (Å²) in [5.41, 5.74) is 7.91. The van der Waals surface area contributed by atoms with Gasteiger partial charge in [0.2, 0.25) is 0 Å². The maximum Gasteiger partial charge on any atom is 0.273 e. The van der Waals surface area contributed by atoms with Crippen LogP contribution in [0.3, 0.4) is 0 Å². The molecule has 23 heavy (non-hydrogen) atoms. The summed E-state index contributed by atoms with van der Waals surface area (Å²) in [6, 6.07) is 10.1. The molecule has 1 aromatic carbocycles. The van der Waals surface area contributed by atoms with E-state index in [1.807, 2.05) is 18.2 Å². The molecule has 1 fully saturated rings. The van der Waals surface area contributed by atoms with Gasteiger partial charge in [-0.05, 0) is 5.56 Å². The molecule has 0 aliphatic carbocycles. The van der Waals surface area contributed by atoms with Gasteiger partial charge in [-0.15, -0.1) is 23.7 Å². The Bertz CT molecular complexity index is 650. The number of likely N-dealkylation sites (tertiary alicyclic amines) is 1. The number of benzene rings is 1. The van der Waals surface area contributed by atoms with Crippen LogP contribution in [0.5, 0.6) is 0 Å². The Labute approximate surface area is 145 Å². The second kappa shape index (κ2) is 7.88. The Kier molecular flexibility index (Phi) is 6.12. The molecule has 0 saturated carbocycles. The van der Waals surface area contributed by atoms with Gasteiger partial charge in [0.25, 0.3) is 5.91 Å². The van der Waals surface area contributed by atoms with Crippen molar-refractivity contribution in [3.63, 3.8) is 0 Å². The van der Waals surface area contributed by atoms with Crippen LogP contribution in [0.15, 0.2) is 35.7 Å². The van der Waals surface area contributed by atoms with E-state index in [4.69, 9.17) is 10.5 Å². The number of hydrogen-bond acceptors (Lipinski definition) is 5. The molecule has 7 heteroatoms. The summed E-state index contributed by atoms with van der Waals surface area (Å²) >= 11 is 1.44. The number of amides is 1. The molecule has 1 saturated heterocycles. The minimum Gasteiger partial charge on any atom is -0.378 e. The number of methoxy groups -OCH3 is 1. The van der Waals surface area contributed by atoms with Gasteiger partial charge in [-0.1, -0.05) is 30.3 Å². The maximum atomic E-state index is 12.6. The summed E-state index contributed by atoms with van der Waals surface area (Å²) in [5.74, 6) is 0.134. The van der Waals surface area contributed by atoms with Crippen LogP contribution in [0.1, 0.15) is 27.0 Å². The van der Waals surface area contributed by atoms with Crippen LogP contribution in [0, 0.1) is 0 Å². The van der Waals surface area contributed by atoms with E-state index in [0.29, 0.717) is 25.4 Å². The molecule has 5 nitrogen and oxygen atoms in total. The Balaban J connectivity index is 0.00000192. The first-order valence-electron chi connectivity index (χ1n) is 7.22. The number of nitrogens with two attached hydrogens (primary N) is 1. The van der Waals surface area contributed by atoms with E-state index in [1.54, 1.807) is 17.4 Å². The van der Waals surface area contributed by atoms with E-state index >= 15 is 0 Å². The monoisotopic (exact) mass is 353 g/mol. The number of carbonyl (C=O) groups excluding carboxylic acids is 1. The zero-order chi connectivity index (χ0) is 15.5. The third-order valence-electron chi connectivity index (χ3n) is 3.92. The molecule has 1 aliphatic heterocycles. The van der Waals surface area contributed by atoms with Gasteiger partial charge in [0.15, 0.2) is 0 Å². The predicted molar refractivity (Wildman–Crippen MR) is 93.1 cm³/mol. The summed E-state index contributed by atoms with van der Waals surface area (Å²) < 4.78 is 5.04. The van der Waals surface area contributed by atoms with Gasteiger partial charge in [-0.25, -0.2) is 4.98 Å². The largest absolute Gasteiger partial charge is 0.378 e. The van der Waals surface area contributed by atoms with Crippen LogP contribution in [-0.4, -0.2) is 42.0 Å². The number of hydrogen-bond donors (Lipinski definition) is 1. The third-order valence-corrected chi connectivity index (χ3v) is 4.74. The first-order valence-corrected chi connectivity index (χ1v) is 8.10. The highest BCUT2D eigenvalue weighted by Gasteiger charge is 2.34. The number of rotatable bonds is 4. The zero-order valence-corrected chi connectivity index (χ0v) is 14.5. The van der Waals surface area contributed by atoms with Crippen molar-refractivity contribution >= 4 is 29.7 Å². The van der Waals surface area contributed by atoms with Crippen molar-refractivity contribution in [3.8, 4) is 0 Å². The molecule has 0 spiro atoms. The van der Waals surface area contributed by atoms with Crippen LogP contribution in [0.25, 0.3) is 0 Å². The first-order chi connectivity index (χ1) is 10.7. The minimum atomic E-state index is -0.0486. The van der Waals surface area contributed by atoms with E-state index in [-0.39, 0.29) is 30.3 Å². The van der Waals surface area contributed by atoms with E-state index in [1.165, 1.54) is 16.9 Å². The molecule has 1 aliphatic rings. The van der Waals surface area contributed by atoms with Crippen LogP contribution < -0.4 is 5.73 Å². The Morgan fingerprint density at radius 1 is 1.39 bits per heavy atom. The van der Waals surface area contributed by atoms with Gasteiger partial charge in [-0.2, -0.15) is 0 Å². The quantitative estimate of drug-likeness (QED) is 0.915. The van der Waals surface area contributed by atoms with Gasteiger partial charge in [-0.3, -0.25) is 4.79 Å². The Morgan fingerprint density at radius 2 is 2.13 bits per heavy atom. The molecule has 0 unspecified atom stereocenters. The average molecular weight is 354 g/mol. The second-order valence-electron chi connectivity index (χ2n) is 5.45. The lowest BCUT2D eigenvalue weighted by Gasteiger charge is -2.15. The molecule has 1 amide bonds. The summed E-state index contributed by atoms with van der Waals surface area (Å²) in [6.07, 6.45) is 0. The number of aromatic nitrogens is 1. The number of ether oxygens (including phenoxy) is 1. The fourth-order valence-electron chi connectivity index (χ4n) is 2.81. The normalized spacial score (nSPS) is 20.3. The lowest BCUT2D eigenvalue weighted by atomic mass is 9.95. The van der Waals surface area contributed by atoms with Crippen molar-refractivity contribution in [1.82, 2.24) is 9.88 Å².